The van der Waals surface area contributed by atoms with Crippen LogP contribution < -0.4 is 10.1 Å². The number of anilines is 1. The second-order valence-corrected chi connectivity index (χ2v) is 6.67. The Labute approximate surface area is 150 Å². The number of hydrogen-bond donors (Lipinski definition) is 1. The third kappa shape index (κ3) is 3.39. The minimum absolute atomic E-state index is 0.101. The van der Waals surface area contributed by atoms with Gasteiger partial charge in [0.05, 0.1) is 5.57 Å². The van der Waals surface area contributed by atoms with Crippen molar-refractivity contribution in [1.82, 2.24) is 0 Å². The molecule has 0 aliphatic carbocycles. The van der Waals surface area contributed by atoms with Crippen molar-refractivity contribution in [3.8, 4) is 5.75 Å². The molecule has 0 saturated carbocycles. The van der Waals surface area contributed by atoms with Crippen LogP contribution in [-0.4, -0.2) is 12.5 Å². The van der Waals surface area contributed by atoms with Gasteiger partial charge in [-0.3, -0.25) is 4.79 Å². The fourth-order valence-electron chi connectivity index (χ4n) is 2.88. The number of ether oxygens (including phenoxy) is 1. The number of para-hydroxylation sites is 1. The standard InChI is InChI=1S/C20H20BrNO2/c1-3-13-6-5-7-14(4-2)19(13)22-20(23)16-10-15-11-17(21)8-9-18(15)24-12-16/h5-11H,3-4,12H2,1-2H3,(H,22,23). The lowest BCUT2D eigenvalue weighted by Crippen LogP contribution is -2.22. The first-order valence-electron chi connectivity index (χ1n) is 8.17. The maximum atomic E-state index is 12.7. The lowest BCUT2D eigenvalue weighted by Gasteiger charge is -2.19. The van der Waals surface area contributed by atoms with Crippen LogP contribution in [0.25, 0.3) is 6.08 Å². The third-order valence-electron chi connectivity index (χ3n) is 4.21. The summed E-state index contributed by atoms with van der Waals surface area (Å²) in [5, 5.41) is 3.10. The summed E-state index contributed by atoms with van der Waals surface area (Å²) in [6, 6.07) is 12.0. The highest BCUT2D eigenvalue weighted by atomic mass is 79.9. The SMILES string of the molecule is CCc1cccc(CC)c1NC(=O)C1=Cc2cc(Br)ccc2OC1. The average molecular weight is 386 g/mol. The van der Waals surface area contributed by atoms with E-state index < -0.39 is 0 Å². The van der Waals surface area contributed by atoms with Crippen molar-refractivity contribution >= 4 is 33.6 Å². The highest BCUT2D eigenvalue weighted by molar-refractivity contribution is 9.10. The lowest BCUT2D eigenvalue weighted by atomic mass is 10.0. The van der Waals surface area contributed by atoms with E-state index in [2.05, 4.69) is 47.2 Å². The van der Waals surface area contributed by atoms with Crippen LogP contribution in [0, 0.1) is 0 Å². The maximum absolute atomic E-state index is 12.7. The molecule has 0 saturated heterocycles. The molecular formula is C20H20BrNO2. The molecule has 0 bridgehead atoms. The zero-order valence-electron chi connectivity index (χ0n) is 13.9. The summed E-state index contributed by atoms with van der Waals surface area (Å²) < 4.78 is 6.68. The predicted molar refractivity (Wildman–Crippen MR) is 101 cm³/mol. The van der Waals surface area contributed by atoms with E-state index in [0.29, 0.717) is 5.57 Å². The van der Waals surface area contributed by atoms with Crippen LogP contribution in [0.4, 0.5) is 5.69 Å². The summed E-state index contributed by atoms with van der Waals surface area (Å²) in [6.45, 7) is 4.48. The molecule has 2 aromatic carbocycles. The fraction of sp³-hybridized carbons (Fsp3) is 0.250. The number of amides is 1. The van der Waals surface area contributed by atoms with Gasteiger partial charge < -0.3 is 10.1 Å². The Bertz CT molecular complexity index is 789. The highest BCUT2D eigenvalue weighted by Gasteiger charge is 2.19. The first-order chi connectivity index (χ1) is 11.6. The molecule has 3 rings (SSSR count). The molecule has 124 valence electrons. The Morgan fingerprint density at radius 3 is 2.54 bits per heavy atom. The van der Waals surface area contributed by atoms with Gasteiger partial charge in [-0.25, -0.2) is 0 Å². The van der Waals surface area contributed by atoms with E-state index in [4.69, 9.17) is 4.74 Å². The van der Waals surface area contributed by atoms with Gasteiger partial charge in [-0.1, -0.05) is 48.0 Å². The van der Waals surface area contributed by atoms with Gasteiger partial charge in [-0.15, -0.1) is 0 Å². The number of carbonyl (C=O) groups is 1. The number of aryl methyl sites for hydroxylation is 2. The van der Waals surface area contributed by atoms with E-state index >= 15 is 0 Å². The van der Waals surface area contributed by atoms with Gasteiger partial charge in [-0.05, 0) is 48.2 Å². The Morgan fingerprint density at radius 2 is 1.88 bits per heavy atom. The highest BCUT2D eigenvalue weighted by Crippen LogP contribution is 2.30. The summed E-state index contributed by atoms with van der Waals surface area (Å²) in [6.07, 6.45) is 3.67. The van der Waals surface area contributed by atoms with Crippen molar-refractivity contribution in [3.05, 3.63) is 63.1 Å². The van der Waals surface area contributed by atoms with Gasteiger partial charge in [0.25, 0.3) is 5.91 Å². The first-order valence-corrected chi connectivity index (χ1v) is 8.96. The van der Waals surface area contributed by atoms with Gasteiger partial charge in [0.2, 0.25) is 0 Å². The number of hydrogen-bond acceptors (Lipinski definition) is 2. The molecule has 0 aromatic heterocycles. The van der Waals surface area contributed by atoms with Crippen LogP contribution in [0.5, 0.6) is 5.75 Å². The minimum atomic E-state index is -0.101. The van der Waals surface area contributed by atoms with Gasteiger partial charge in [-0.2, -0.15) is 0 Å². The summed E-state index contributed by atoms with van der Waals surface area (Å²) in [5.41, 5.74) is 4.80. The zero-order valence-corrected chi connectivity index (χ0v) is 15.4. The Hall–Kier alpha value is -2.07. The molecule has 0 radical (unpaired) electrons. The van der Waals surface area contributed by atoms with Gasteiger partial charge in [0, 0.05) is 15.7 Å². The summed E-state index contributed by atoms with van der Waals surface area (Å²) >= 11 is 3.45. The van der Waals surface area contributed by atoms with Crippen LogP contribution in [0.1, 0.15) is 30.5 Å². The molecular weight excluding hydrogens is 366 g/mol. The van der Waals surface area contributed by atoms with Crippen LogP contribution in [-0.2, 0) is 17.6 Å². The molecule has 1 aliphatic rings. The van der Waals surface area contributed by atoms with E-state index in [1.807, 2.05) is 30.3 Å². The number of fused-ring (bicyclic) bond motifs is 1. The number of benzene rings is 2. The number of halogens is 1. The van der Waals surface area contributed by atoms with Gasteiger partial charge in [0.1, 0.15) is 12.4 Å². The van der Waals surface area contributed by atoms with Crippen molar-refractivity contribution in [2.24, 2.45) is 0 Å². The Balaban J connectivity index is 1.89. The smallest absolute Gasteiger partial charge is 0.255 e. The summed E-state index contributed by atoms with van der Waals surface area (Å²) in [5.74, 6) is 0.703. The number of nitrogens with one attached hydrogen (secondary N) is 1. The topological polar surface area (TPSA) is 38.3 Å². The molecule has 1 aliphatic heterocycles. The van der Waals surface area contributed by atoms with E-state index in [9.17, 15) is 4.79 Å². The van der Waals surface area contributed by atoms with Crippen LogP contribution in [0.15, 0.2) is 46.4 Å². The van der Waals surface area contributed by atoms with Crippen LogP contribution in [0.3, 0.4) is 0 Å². The van der Waals surface area contributed by atoms with Crippen LogP contribution >= 0.6 is 15.9 Å². The van der Waals surface area contributed by atoms with E-state index in [0.717, 1.165) is 45.4 Å². The lowest BCUT2D eigenvalue weighted by molar-refractivity contribution is -0.113. The first kappa shape index (κ1) is 16.8. The molecule has 0 spiro atoms. The third-order valence-corrected chi connectivity index (χ3v) is 4.71. The molecule has 1 heterocycles. The second kappa shape index (κ2) is 7.22. The van der Waals surface area contributed by atoms with E-state index in [-0.39, 0.29) is 12.5 Å². The monoisotopic (exact) mass is 385 g/mol. The largest absolute Gasteiger partial charge is 0.488 e. The molecule has 1 amide bonds. The van der Waals surface area contributed by atoms with Crippen LogP contribution in [0.2, 0.25) is 0 Å². The maximum Gasteiger partial charge on any atom is 0.255 e. The van der Waals surface area contributed by atoms with Crippen molar-refractivity contribution < 1.29 is 9.53 Å². The molecule has 24 heavy (non-hydrogen) atoms. The number of rotatable bonds is 4. The van der Waals surface area contributed by atoms with Crippen molar-refractivity contribution in [2.45, 2.75) is 26.7 Å². The molecule has 0 fully saturated rings. The summed E-state index contributed by atoms with van der Waals surface area (Å²) in [4.78, 5) is 12.7. The van der Waals surface area contributed by atoms with Crippen molar-refractivity contribution in [3.63, 3.8) is 0 Å². The number of carbonyl (C=O) groups excluding carboxylic acids is 1. The predicted octanol–water partition coefficient (Wildman–Crippen LogP) is 4.99. The van der Waals surface area contributed by atoms with Gasteiger partial charge in [0.15, 0.2) is 0 Å². The van der Waals surface area contributed by atoms with E-state index in [1.54, 1.807) is 0 Å². The molecule has 4 heteroatoms. The summed E-state index contributed by atoms with van der Waals surface area (Å²) in [7, 11) is 0. The molecule has 3 nitrogen and oxygen atoms in total. The van der Waals surface area contributed by atoms with E-state index in [1.165, 1.54) is 0 Å². The minimum Gasteiger partial charge on any atom is -0.488 e. The Morgan fingerprint density at radius 1 is 1.17 bits per heavy atom. The fourth-order valence-corrected chi connectivity index (χ4v) is 3.26. The molecule has 1 N–H and O–H groups in total. The van der Waals surface area contributed by atoms with Crippen molar-refractivity contribution in [2.75, 3.05) is 11.9 Å². The van der Waals surface area contributed by atoms with Crippen molar-refractivity contribution in [1.29, 1.82) is 0 Å². The van der Waals surface area contributed by atoms with Gasteiger partial charge >= 0.3 is 0 Å². The molecule has 0 atom stereocenters. The normalized spacial score (nSPS) is 12.9. The Kier molecular flexibility index (Phi) is 5.05. The molecule has 2 aromatic rings. The quantitative estimate of drug-likeness (QED) is 0.804. The average Bonchev–Trinajstić information content (AvgIpc) is 2.61. The molecule has 0 unspecified atom stereocenters. The zero-order chi connectivity index (χ0) is 17.1. The second-order valence-electron chi connectivity index (χ2n) is 5.75.